The molecule has 1 aromatic rings. The summed E-state index contributed by atoms with van der Waals surface area (Å²) in [5.41, 5.74) is 1.27. The van der Waals surface area contributed by atoms with Gasteiger partial charge in [0.25, 0.3) is 0 Å². The lowest BCUT2D eigenvalue weighted by Crippen LogP contribution is -2.41. The Morgan fingerprint density at radius 2 is 2.33 bits per heavy atom. The number of nitrogens with zero attached hydrogens (tertiary/aromatic N) is 1. The second-order valence-electron chi connectivity index (χ2n) is 4.06. The third-order valence-corrected chi connectivity index (χ3v) is 3.80. The van der Waals surface area contributed by atoms with Crippen molar-refractivity contribution in [2.24, 2.45) is 0 Å². The van der Waals surface area contributed by atoms with Gasteiger partial charge in [-0.2, -0.15) is 0 Å². The molecule has 1 rings (SSSR count). The molecule has 1 N–H and O–H groups in total. The fourth-order valence-electron chi connectivity index (χ4n) is 1.39. The summed E-state index contributed by atoms with van der Waals surface area (Å²) in [7, 11) is 0. The van der Waals surface area contributed by atoms with Gasteiger partial charge < -0.3 is 5.32 Å². The van der Waals surface area contributed by atoms with E-state index in [4.69, 9.17) is 11.6 Å². The summed E-state index contributed by atoms with van der Waals surface area (Å²) in [4.78, 5) is 4.43. The van der Waals surface area contributed by atoms with Crippen LogP contribution in [0.1, 0.15) is 37.4 Å². The van der Waals surface area contributed by atoms with Gasteiger partial charge in [-0.3, -0.25) is 0 Å². The molecule has 0 bridgehead atoms. The van der Waals surface area contributed by atoms with E-state index in [1.165, 1.54) is 0 Å². The summed E-state index contributed by atoms with van der Waals surface area (Å²) >= 11 is 7.50. The summed E-state index contributed by atoms with van der Waals surface area (Å²) in [5.74, 6) is 0.702. The monoisotopic (exact) mass is 246 g/mol. The van der Waals surface area contributed by atoms with Gasteiger partial charge in [-0.1, -0.05) is 6.92 Å². The molecule has 0 spiro atoms. The van der Waals surface area contributed by atoms with E-state index in [1.807, 2.05) is 6.92 Å². The van der Waals surface area contributed by atoms with Gasteiger partial charge >= 0.3 is 0 Å². The third kappa shape index (κ3) is 4.09. The Kier molecular flexibility index (Phi) is 5.03. The molecule has 4 heteroatoms. The largest absolute Gasteiger partial charge is 0.306 e. The molecule has 0 aromatic carbocycles. The molecule has 1 unspecified atom stereocenters. The maximum absolute atomic E-state index is 5.80. The van der Waals surface area contributed by atoms with Crippen LogP contribution in [0.3, 0.4) is 0 Å². The lowest BCUT2D eigenvalue weighted by Gasteiger charge is -2.28. The molecule has 0 aliphatic carbocycles. The highest BCUT2D eigenvalue weighted by molar-refractivity contribution is 7.09. The summed E-state index contributed by atoms with van der Waals surface area (Å²) in [6.07, 6.45) is 2.08. The van der Waals surface area contributed by atoms with Crippen molar-refractivity contribution in [3.8, 4) is 0 Å². The standard InChI is InChI=1S/C11H19ClN2S/c1-4-11(3,5-6-12)13-7-10-8-15-9(2)14-10/h8,13H,4-7H2,1-3H3. The third-order valence-electron chi connectivity index (χ3n) is 2.79. The summed E-state index contributed by atoms with van der Waals surface area (Å²) < 4.78 is 0. The van der Waals surface area contributed by atoms with E-state index < -0.39 is 0 Å². The molecular weight excluding hydrogens is 228 g/mol. The number of nitrogens with one attached hydrogen (secondary N) is 1. The van der Waals surface area contributed by atoms with Gasteiger partial charge in [0.2, 0.25) is 0 Å². The van der Waals surface area contributed by atoms with Crippen LogP contribution in [0.25, 0.3) is 0 Å². The lowest BCUT2D eigenvalue weighted by molar-refractivity contribution is 0.329. The first-order valence-electron chi connectivity index (χ1n) is 5.31. The van der Waals surface area contributed by atoms with Gasteiger partial charge in [0, 0.05) is 23.3 Å². The first-order valence-corrected chi connectivity index (χ1v) is 6.73. The molecule has 0 aliphatic rings. The van der Waals surface area contributed by atoms with Crippen molar-refractivity contribution in [2.45, 2.75) is 45.7 Å². The van der Waals surface area contributed by atoms with E-state index in [-0.39, 0.29) is 5.54 Å². The number of aryl methyl sites for hydroxylation is 1. The molecule has 0 amide bonds. The van der Waals surface area contributed by atoms with Gasteiger partial charge in [-0.15, -0.1) is 22.9 Å². The molecule has 1 atom stereocenters. The number of rotatable bonds is 6. The molecule has 0 saturated carbocycles. The Balaban J connectivity index is 2.47. The van der Waals surface area contributed by atoms with Crippen molar-refractivity contribution in [1.82, 2.24) is 10.3 Å². The summed E-state index contributed by atoms with van der Waals surface area (Å²) in [5, 5.41) is 6.77. The molecule has 15 heavy (non-hydrogen) atoms. The fourth-order valence-corrected chi connectivity index (χ4v) is 2.42. The van der Waals surface area contributed by atoms with Crippen LogP contribution < -0.4 is 5.32 Å². The number of thiazole rings is 1. The van der Waals surface area contributed by atoms with E-state index in [9.17, 15) is 0 Å². The number of aromatic nitrogens is 1. The van der Waals surface area contributed by atoms with Crippen LogP contribution in [0, 0.1) is 6.92 Å². The zero-order valence-corrected chi connectivity index (χ0v) is 11.2. The number of halogens is 1. The highest BCUT2D eigenvalue weighted by atomic mass is 35.5. The zero-order chi connectivity index (χ0) is 11.3. The molecule has 0 fully saturated rings. The highest BCUT2D eigenvalue weighted by Gasteiger charge is 2.20. The average Bonchev–Trinajstić information content (AvgIpc) is 2.62. The van der Waals surface area contributed by atoms with Crippen molar-refractivity contribution in [1.29, 1.82) is 0 Å². The smallest absolute Gasteiger partial charge is 0.0897 e. The van der Waals surface area contributed by atoms with E-state index in [2.05, 4.69) is 29.5 Å². The molecule has 86 valence electrons. The fraction of sp³-hybridized carbons (Fsp3) is 0.727. The minimum Gasteiger partial charge on any atom is -0.306 e. The van der Waals surface area contributed by atoms with Crippen LogP contribution >= 0.6 is 22.9 Å². The SMILES string of the molecule is CCC(C)(CCCl)NCc1csc(C)n1. The van der Waals surface area contributed by atoms with Crippen LogP contribution in [-0.2, 0) is 6.54 Å². The topological polar surface area (TPSA) is 24.9 Å². The average molecular weight is 247 g/mol. The van der Waals surface area contributed by atoms with Crippen LogP contribution in [-0.4, -0.2) is 16.4 Å². The van der Waals surface area contributed by atoms with Crippen molar-refractivity contribution in [2.75, 3.05) is 5.88 Å². The Morgan fingerprint density at radius 1 is 1.60 bits per heavy atom. The Hall–Kier alpha value is -0.120. The van der Waals surface area contributed by atoms with Crippen LogP contribution in [0.5, 0.6) is 0 Å². The number of hydrogen-bond acceptors (Lipinski definition) is 3. The molecule has 0 saturated heterocycles. The maximum Gasteiger partial charge on any atom is 0.0897 e. The summed E-state index contributed by atoms with van der Waals surface area (Å²) in [6.45, 7) is 7.28. The van der Waals surface area contributed by atoms with Gasteiger partial charge in [0.05, 0.1) is 10.7 Å². The maximum atomic E-state index is 5.80. The lowest BCUT2D eigenvalue weighted by atomic mass is 9.95. The van der Waals surface area contributed by atoms with Crippen LogP contribution in [0.2, 0.25) is 0 Å². The zero-order valence-electron chi connectivity index (χ0n) is 9.64. The van der Waals surface area contributed by atoms with Gasteiger partial charge in [0.1, 0.15) is 0 Å². The first kappa shape index (κ1) is 12.9. The predicted molar refractivity (Wildman–Crippen MR) is 67.7 cm³/mol. The number of alkyl halides is 1. The molecule has 1 heterocycles. The Bertz CT molecular complexity index is 301. The molecule has 0 aliphatic heterocycles. The molecule has 0 radical (unpaired) electrons. The second-order valence-corrected chi connectivity index (χ2v) is 5.50. The van der Waals surface area contributed by atoms with Crippen molar-refractivity contribution in [3.05, 3.63) is 16.1 Å². The Labute approximate surface area is 101 Å². The Morgan fingerprint density at radius 3 is 2.80 bits per heavy atom. The molecular formula is C11H19ClN2S. The summed E-state index contributed by atoms with van der Waals surface area (Å²) in [6, 6.07) is 0. The second kappa shape index (κ2) is 5.83. The van der Waals surface area contributed by atoms with E-state index in [0.717, 1.165) is 30.1 Å². The minimum absolute atomic E-state index is 0.138. The van der Waals surface area contributed by atoms with Gasteiger partial charge in [-0.25, -0.2) is 4.98 Å². The normalized spacial score (nSPS) is 15.2. The van der Waals surface area contributed by atoms with Crippen LogP contribution in [0.4, 0.5) is 0 Å². The first-order chi connectivity index (χ1) is 7.09. The van der Waals surface area contributed by atoms with Crippen LogP contribution in [0.15, 0.2) is 5.38 Å². The van der Waals surface area contributed by atoms with E-state index in [1.54, 1.807) is 11.3 Å². The molecule has 2 nitrogen and oxygen atoms in total. The van der Waals surface area contributed by atoms with E-state index in [0.29, 0.717) is 5.88 Å². The quantitative estimate of drug-likeness (QED) is 0.779. The van der Waals surface area contributed by atoms with E-state index >= 15 is 0 Å². The van der Waals surface area contributed by atoms with Crippen molar-refractivity contribution < 1.29 is 0 Å². The van der Waals surface area contributed by atoms with Gasteiger partial charge in [0.15, 0.2) is 0 Å². The number of hydrogen-bond donors (Lipinski definition) is 1. The molecule has 1 aromatic heterocycles. The van der Waals surface area contributed by atoms with Crippen molar-refractivity contribution >= 4 is 22.9 Å². The van der Waals surface area contributed by atoms with Gasteiger partial charge in [-0.05, 0) is 26.7 Å². The highest BCUT2D eigenvalue weighted by Crippen LogP contribution is 2.16. The predicted octanol–water partition coefficient (Wildman–Crippen LogP) is 3.34. The van der Waals surface area contributed by atoms with Crippen molar-refractivity contribution in [3.63, 3.8) is 0 Å². The minimum atomic E-state index is 0.138.